The molecule has 0 aliphatic heterocycles. The smallest absolute Gasteiger partial charge is 0.242 e. The van der Waals surface area contributed by atoms with Gasteiger partial charge in [-0.25, -0.2) is 0 Å². The third-order valence-corrected chi connectivity index (χ3v) is 3.23. The standard InChI is InChI=1S/C15H16N4O/c1-10-5-3-6-11(17-10)9-19-13-8-4-7-12(16)14(13)15(18-19)20-2/h3-8H,9,16H2,1-2H3. The quantitative estimate of drug-likeness (QED) is 0.741. The van der Waals surface area contributed by atoms with Crippen molar-refractivity contribution in [1.29, 1.82) is 0 Å². The number of methoxy groups -OCH3 is 1. The molecule has 0 radical (unpaired) electrons. The van der Waals surface area contributed by atoms with Crippen molar-refractivity contribution in [2.45, 2.75) is 13.5 Å². The normalized spacial score (nSPS) is 10.9. The molecule has 2 heterocycles. The average molecular weight is 268 g/mol. The van der Waals surface area contributed by atoms with Gasteiger partial charge < -0.3 is 10.5 Å². The van der Waals surface area contributed by atoms with E-state index in [1.807, 2.05) is 48.0 Å². The molecule has 0 unspecified atom stereocenters. The second kappa shape index (κ2) is 4.85. The van der Waals surface area contributed by atoms with Gasteiger partial charge in [0, 0.05) is 11.4 Å². The predicted molar refractivity (Wildman–Crippen MR) is 78.8 cm³/mol. The number of nitrogens with zero attached hydrogens (tertiary/aromatic N) is 3. The fourth-order valence-electron chi connectivity index (χ4n) is 2.32. The number of hydrogen-bond acceptors (Lipinski definition) is 4. The highest BCUT2D eigenvalue weighted by molar-refractivity contribution is 5.95. The Balaban J connectivity index is 2.10. The van der Waals surface area contributed by atoms with Crippen LogP contribution < -0.4 is 10.5 Å². The summed E-state index contributed by atoms with van der Waals surface area (Å²) in [6.07, 6.45) is 0. The second-order valence-electron chi connectivity index (χ2n) is 4.68. The number of nitrogens with two attached hydrogens (primary N) is 1. The Kier molecular flexibility index (Phi) is 3.02. The molecule has 0 spiro atoms. The number of benzene rings is 1. The van der Waals surface area contributed by atoms with E-state index in [1.54, 1.807) is 7.11 Å². The summed E-state index contributed by atoms with van der Waals surface area (Å²) in [6, 6.07) is 11.7. The van der Waals surface area contributed by atoms with E-state index in [-0.39, 0.29) is 0 Å². The number of aryl methyl sites for hydroxylation is 1. The van der Waals surface area contributed by atoms with Crippen LogP contribution in [0.3, 0.4) is 0 Å². The SMILES string of the molecule is COc1nn(Cc2cccc(C)n2)c2cccc(N)c12. The van der Waals surface area contributed by atoms with Gasteiger partial charge in [0.1, 0.15) is 0 Å². The van der Waals surface area contributed by atoms with E-state index in [1.165, 1.54) is 0 Å². The lowest BCUT2D eigenvalue weighted by Crippen LogP contribution is -2.04. The summed E-state index contributed by atoms with van der Waals surface area (Å²) < 4.78 is 7.19. The van der Waals surface area contributed by atoms with Gasteiger partial charge in [-0.3, -0.25) is 9.67 Å². The second-order valence-corrected chi connectivity index (χ2v) is 4.68. The molecule has 3 rings (SSSR count). The fraction of sp³-hybridized carbons (Fsp3) is 0.200. The first kappa shape index (κ1) is 12.5. The summed E-state index contributed by atoms with van der Waals surface area (Å²) in [5, 5.41) is 5.32. The first-order chi connectivity index (χ1) is 9.69. The Labute approximate surface area is 117 Å². The number of fused-ring (bicyclic) bond motifs is 1. The largest absolute Gasteiger partial charge is 0.479 e. The van der Waals surface area contributed by atoms with Crippen LogP contribution in [0.15, 0.2) is 36.4 Å². The predicted octanol–water partition coefficient (Wildman–Crippen LogP) is 2.38. The maximum atomic E-state index is 6.01. The Morgan fingerprint density at radius 3 is 2.75 bits per heavy atom. The van der Waals surface area contributed by atoms with E-state index < -0.39 is 0 Å². The Morgan fingerprint density at radius 2 is 2.00 bits per heavy atom. The minimum Gasteiger partial charge on any atom is -0.479 e. The van der Waals surface area contributed by atoms with Gasteiger partial charge >= 0.3 is 0 Å². The molecule has 5 heteroatoms. The van der Waals surface area contributed by atoms with Gasteiger partial charge in [0.05, 0.1) is 30.3 Å². The third-order valence-electron chi connectivity index (χ3n) is 3.23. The zero-order chi connectivity index (χ0) is 14.1. The first-order valence-electron chi connectivity index (χ1n) is 6.40. The highest BCUT2D eigenvalue weighted by atomic mass is 16.5. The van der Waals surface area contributed by atoms with Crippen molar-refractivity contribution in [3.8, 4) is 5.88 Å². The summed E-state index contributed by atoms with van der Waals surface area (Å²) in [5.41, 5.74) is 9.58. The van der Waals surface area contributed by atoms with Gasteiger partial charge in [-0.15, -0.1) is 5.10 Å². The van der Waals surface area contributed by atoms with Crippen LogP contribution in [-0.4, -0.2) is 21.9 Å². The summed E-state index contributed by atoms with van der Waals surface area (Å²) >= 11 is 0. The zero-order valence-corrected chi connectivity index (χ0v) is 11.5. The molecule has 0 saturated heterocycles. The Bertz CT molecular complexity index is 764. The van der Waals surface area contributed by atoms with Crippen LogP contribution in [0.5, 0.6) is 5.88 Å². The lowest BCUT2D eigenvalue weighted by Gasteiger charge is -2.04. The van der Waals surface area contributed by atoms with Crippen LogP contribution in [0.1, 0.15) is 11.4 Å². The van der Waals surface area contributed by atoms with E-state index in [9.17, 15) is 0 Å². The minimum atomic E-state index is 0.547. The van der Waals surface area contributed by atoms with Crippen LogP contribution >= 0.6 is 0 Å². The van der Waals surface area contributed by atoms with Crippen LogP contribution in [-0.2, 0) is 6.54 Å². The van der Waals surface area contributed by atoms with E-state index >= 15 is 0 Å². The fourth-order valence-corrected chi connectivity index (χ4v) is 2.32. The van der Waals surface area contributed by atoms with Crippen LogP contribution in [0.4, 0.5) is 5.69 Å². The number of hydrogen-bond donors (Lipinski definition) is 1. The topological polar surface area (TPSA) is 66.0 Å². The third kappa shape index (κ3) is 2.07. The van der Waals surface area contributed by atoms with Gasteiger partial charge in [-0.2, -0.15) is 0 Å². The molecular formula is C15H16N4O. The summed E-state index contributed by atoms with van der Waals surface area (Å²) in [5.74, 6) is 0.547. The van der Waals surface area contributed by atoms with Gasteiger partial charge in [-0.1, -0.05) is 12.1 Å². The molecule has 0 atom stereocenters. The molecule has 5 nitrogen and oxygen atoms in total. The van der Waals surface area contributed by atoms with Gasteiger partial charge in [0.2, 0.25) is 5.88 Å². The van der Waals surface area contributed by atoms with Crippen LogP contribution in [0.25, 0.3) is 10.9 Å². The maximum Gasteiger partial charge on any atom is 0.242 e. The first-order valence-corrected chi connectivity index (χ1v) is 6.40. The van der Waals surface area contributed by atoms with Crippen molar-refractivity contribution in [1.82, 2.24) is 14.8 Å². The minimum absolute atomic E-state index is 0.547. The lowest BCUT2D eigenvalue weighted by molar-refractivity contribution is 0.394. The van der Waals surface area contributed by atoms with Crippen molar-refractivity contribution in [3.05, 3.63) is 47.8 Å². The monoisotopic (exact) mass is 268 g/mol. The highest BCUT2D eigenvalue weighted by Crippen LogP contribution is 2.30. The highest BCUT2D eigenvalue weighted by Gasteiger charge is 2.13. The Hall–Kier alpha value is -2.56. The summed E-state index contributed by atoms with van der Waals surface area (Å²) in [7, 11) is 1.60. The molecule has 0 aliphatic carbocycles. The maximum absolute atomic E-state index is 6.01. The van der Waals surface area contributed by atoms with E-state index in [4.69, 9.17) is 10.5 Å². The van der Waals surface area contributed by atoms with E-state index in [0.29, 0.717) is 18.1 Å². The summed E-state index contributed by atoms with van der Waals surface area (Å²) in [6.45, 7) is 2.56. The molecule has 0 bridgehead atoms. The average Bonchev–Trinajstić information content (AvgIpc) is 2.78. The molecule has 102 valence electrons. The zero-order valence-electron chi connectivity index (χ0n) is 11.5. The molecule has 0 saturated carbocycles. The molecule has 0 fully saturated rings. The van der Waals surface area contributed by atoms with Crippen molar-refractivity contribution in [2.24, 2.45) is 0 Å². The van der Waals surface area contributed by atoms with Crippen molar-refractivity contribution in [2.75, 3.05) is 12.8 Å². The number of pyridine rings is 1. The molecule has 1 aromatic carbocycles. The Morgan fingerprint density at radius 1 is 1.20 bits per heavy atom. The number of aromatic nitrogens is 3. The number of nitrogen functional groups attached to an aromatic ring is 1. The molecule has 2 N–H and O–H groups in total. The van der Waals surface area contributed by atoms with Crippen molar-refractivity contribution >= 4 is 16.6 Å². The lowest BCUT2D eigenvalue weighted by atomic mass is 10.2. The molecule has 0 amide bonds. The molecule has 3 aromatic rings. The van der Waals surface area contributed by atoms with E-state index in [0.717, 1.165) is 22.3 Å². The van der Waals surface area contributed by atoms with Crippen molar-refractivity contribution < 1.29 is 4.74 Å². The van der Waals surface area contributed by atoms with Crippen molar-refractivity contribution in [3.63, 3.8) is 0 Å². The molecule has 20 heavy (non-hydrogen) atoms. The molecule has 0 aliphatic rings. The van der Waals surface area contributed by atoms with Crippen LogP contribution in [0.2, 0.25) is 0 Å². The van der Waals surface area contributed by atoms with Gasteiger partial charge in [-0.05, 0) is 31.2 Å². The van der Waals surface area contributed by atoms with Gasteiger partial charge in [0.15, 0.2) is 0 Å². The number of ether oxygens (including phenoxy) is 1. The molecular weight excluding hydrogens is 252 g/mol. The summed E-state index contributed by atoms with van der Waals surface area (Å²) in [4.78, 5) is 4.50. The molecule has 2 aromatic heterocycles. The van der Waals surface area contributed by atoms with Gasteiger partial charge in [0.25, 0.3) is 0 Å². The number of rotatable bonds is 3. The number of anilines is 1. The van der Waals surface area contributed by atoms with Crippen LogP contribution in [0, 0.1) is 6.92 Å². The van der Waals surface area contributed by atoms with E-state index in [2.05, 4.69) is 10.1 Å².